The van der Waals surface area contributed by atoms with Gasteiger partial charge in [0.25, 0.3) is 5.91 Å². The van der Waals surface area contributed by atoms with Crippen LogP contribution < -0.4 is 5.32 Å². The molecular weight excluding hydrogens is 450 g/mol. The van der Waals surface area contributed by atoms with Crippen LogP contribution in [0.4, 0.5) is 26.3 Å². The molecule has 7 nitrogen and oxygen atoms in total. The molecule has 3 rings (SSSR count). The number of alkyl halides is 6. The van der Waals surface area contributed by atoms with E-state index < -0.39 is 24.3 Å². The lowest BCUT2D eigenvalue weighted by Gasteiger charge is -2.27. The smallest absolute Gasteiger partial charge is 0.475 e. The summed E-state index contributed by atoms with van der Waals surface area (Å²) in [6.07, 6.45) is -10.2. The molecule has 2 aromatic carbocycles. The molecule has 2 aromatic rings. The van der Waals surface area contributed by atoms with Crippen molar-refractivity contribution in [1.29, 1.82) is 0 Å². The van der Waals surface area contributed by atoms with E-state index >= 15 is 0 Å². The molecular formula is C19H18F6N2O5. The fraction of sp³-hybridized carbons (Fsp3) is 0.316. The lowest BCUT2D eigenvalue weighted by molar-refractivity contribution is -0.193. The van der Waals surface area contributed by atoms with Gasteiger partial charge in [-0.15, -0.1) is 0 Å². The summed E-state index contributed by atoms with van der Waals surface area (Å²) in [5.74, 6) is -5.37. The van der Waals surface area contributed by atoms with Crippen LogP contribution in [-0.2, 0) is 9.59 Å². The van der Waals surface area contributed by atoms with E-state index in [1.807, 2.05) is 47.4 Å². The Hall–Kier alpha value is -3.35. The van der Waals surface area contributed by atoms with Crippen LogP contribution in [0.5, 0.6) is 0 Å². The van der Waals surface area contributed by atoms with Crippen LogP contribution in [0.1, 0.15) is 10.4 Å². The number of benzene rings is 2. The highest BCUT2D eigenvalue weighted by molar-refractivity contribution is 6.07. The summed E-state index contributed by atoms with van der Waals surface area (Å²) in [5.41, 5.74) is 0.815. The first-order valence-electron chi connectivity index (χ1n) is 8.83. The zero-order valence-corrected chi connectivity index (χ0v) is 16.2. The number of rotatable bonds is 1. The number of nitrogens with zero attached hydrogens (tertiary/aromatic N) is 1. The Kier molecular flexibility index (Phi) is 9.44. The van der Waals surface area contributed by atoms with E-state index in [0.717, 1.165) is 42.5 Å². The van der Waals surface area contributed by atoms with Gasteiger partial charge in [0.05, 0.1) is 0 Å². The van der Waals surface area contributed by atoms with E-state index in [0.29, 0.717) is 0 Å². The van der Waals surface area contributed by atoms with Crippen molar-refractivity contribution >= 4 is 28.6 Å². The van der Waals surface area contributed by atoms with Crippen LogP contribution in [0.25, 0.3) is 10.8 Å². The molecule has 0 aliphatic carbocycles. The minimum Gasteiger partial charge on any atom is -0.475 e. The van der Waals surface area contributed by atoms with E-state index in [4.69, 9.17) is 19.8 Å². The second kappa shape index (κ2) is 11.3. The van der Waals surface area contributed by atoms with Crippen LogP contribution in [0.15, 0.2) is 42.5 Å². The highest BCUT2D eigenvalue weighted by Gasteiger charge is 2.38. The van der Waals surface area contributed by atoms with Gasteiger partial charge in [0, 0.05) is 31.7 Å². The van der Waals surface area contributed by atoms with Crippen LogP contribution in [0.2, 0.25) is 0 Å². The summed E-state index contributed by atoms with van der Waals surface area (Å²) < 4.78 is 63.5. The summed E-state index contributed by atoms with van der Waals surface area (Å²) >= 11 is 0. The highest BCUT2D eigenvalue weighted by atomic mass is 19.4. The number of carboxylic acid groups (broad SMARTS) is 2. The summed E-state index contributed by atoms with van der Waals surface area (Å²) in [4.78, 5) is 32.2. The molecule has 176 valence electrons. The minimum absolute atomic E-state index is 0.147. The van der Waals surface area contributed by atoms with Crippen LogP contribution in [-0.4, -0.2) is 71.5 Å². The number of nitrogens with one attached hydrogen (secondary N) is 1. The van der Waals surface area contributed by atoms with Gasteiger partial charge in [-0.2, -0.15) is 26.3 Å². The first-order chi connectivity index (χ1) is 14.7. The van der Waals surface area contributed by atoms with Crippen LogP contribution in [0.3, 0.4) is 0 Å². The first kappa shape index (κ1) is 26.7. The molecule has 0 bridgehead atoms. The normalized spacial score (nSPS) is 13.9. The largest absolute Gasteiger partial charge is 0.490 e. The summed E-state index contributed by atoms with van der Waals surface area (Å²) in [5, 5.41) is 19.7. The topological polar surface area (TPSA) is 107 Å². The number of fused-ring (bicyclic) bond motifs is 1. The monoisotopic (exact) mass is 468 g/mol. The third kappa shape index (κ3) is 8.41. The zero-order chi connectivity index (χ0) is 24.5. The van der Waals surface area contributed by atoms with Crippen molar-refractivity contribution in [3.8, 4) is 0 Å². The van der Waals surface area contributed by atoms with Gasteiger partial charge in [-0.3, -0.25) is 4.79 Å². The van der Waals surface area contributed by atoms with Gasteiger partial charge >= 0.3 is 24.3 Å². The SMILES string of the molecule is O=C(O)C(F)(F)F.O=C(O)C(F)(F)F.O=C(c1cccc2ccccc12)N1CCNCC1. The molecule has 0 aromatic heterocycles. The lowest BCUT2D eigenvalue weighted by atomic mass is 10.0. The molecule has 32 heavy (non-hydrogen) atoms. The second-order valence-electron chi connectivity index (χ2n) is 6.17. The van der Waals surface area contributed by atoms with Gasteiger partial charge in [0.15, 0.2) is 0 Å². The lowest BCUT2D eigenvalue weighted by Crippen LogP contribution is -2.46. The maximum Gasteiger partial charge on any atom is 0.490 e. The van der Waals surface area contributed by atoms with Crippen LogP contribution >= 0.6 is 0 Å². The standard InChI is InChI=1S/C15H16N2O.2C2HF3O2/c18-15(17-10-8-16-9-11-17)14-7-3-5-12-4-1-2-6-13(12)14;2*3-2(4,5)1(6)7/h1-7,16H,8-11H2;2*(H,6,7). The summed E-state index contributed by atoms with van der Waals surface area (Å²) in [6, 6.07) is 14.0. The molecule has 0 radical (unpaired) electrons. The average molecular weight is 468 g/mol. The summed E-state index contributed by atoms with van der Waals surface area (Å²) in [7, 11) is 0. The Labute approximate surface area is 177 Å². The average Bonchev–Trinajstić information content (AvgIpc) is 2.73. The van der Waals surface area contributed by atoms with Crippen molar-refractivity contribution in [2.45, 2.75) is 12.4 Å². The molecule has 0 atom stereocenters. The number of hydrogen-bond donors (Lipinski definition) is 3. The molecule has 1 heterocycles. The third-order valence-corrected chi connectivity index (χ3v) is 3.91. The van der Waals surface area contributed by atoms with E-state index in [-0.39, 0.29) is 5.91 Å². The minimum atomic E-state index is -5.08. The fourth-order valence-electron chi connectivity index (χ4n) is 2.45. The van der Waals surface area contributed by atoms with E-state index in [2.05, 4.69) is 5.32 Å². The van der Waals surface area contributed by atoms with E-state index in [9.17, 15) is 31.1 Å². The molecule has 1 aliphatic heterocycles. The van der Waals surface area contributed by atoms with Crippen molar-refractivity contribution in [2.24, 2.45) is 0 Å². The molecule has 1 amide bonds. The third-order valence-electron chi connectivity index (χ3n) is 3.91. The second-order valence-corrected chi connectivity index (χ2v) is 6.17. The Morgan fingerprint density at radius 1 is 0.781 bits per heavy atom. The number of carbonyl (C=O) groups excluding carboxylic acids is 1. The Bertz CT molecular complexity index is 910. The number of carbonyl (C=O) groups is 3. The predicted molar refractivity (Wildman–Crippen MR) is 100 cm³/mol. The Morgan fingerprint density at radius 2 is 1.22 bits per heavy atom. The summed E-state index contributed by atoms with van der Waals surface area (Å²) in [6.45, 7) is 3.36. The Balaban J connectivity index is 0.000000305. The van der Waals surface area contributed by atoms with E-state index in [1.54, 1.807) is 0 Å². The van der Waals surface area contributed by atoms with Crippen molar-refractivity contribution in [3.63, 3.8) is 0 Å². The molecule has 13 heteroatoms. The van der Waals surface area contributed by atoms with E-state index in [1.165, 1.54) is 0 Å². The highest BCUT2D eigenvalue weighted by Crippen LogP contribution is 2.20. The first-order valence-corrected chi connectivity index (χ1v) is 8.83. The van der Waals surface area contributed by atoms with Crippen molar-refractivity contribution in [2.75, 3.05) is 26.2 Å². The molecule has 1 aliphatic rings. The zero-order valence-electron chi connectivity index (χ0n) is 16.2. The van der Waals surface area contributed by atoms with Gasteiger partial charge in [-0.1, -0.05) is 36.4 Å². The predicted octanol–water partition coefficient (Wildman–Crippen LogP) is 3.15. The van der Waals surface area contributed by atoms with Gasteiger partial charge < -0.3 is 20.4 Å². The Morgan fingerprint density at radius 3 is 1.69 bits per heavy atom. The number of piperazine rings is 1. The van der Waals surface area contributed by atoms with Crippen molar-refractivity contribution in [3.05, 3.63) is 48.0 Å². The molecule has 0 spiro atoms. The van der Waals surface area contributed by atoms with Crippen LogP contribution in [0, 0.1) is 0 Å². The van der Waals surface area contributed by atoms with Crippen molar-refractivity contribution < 1.29 is 50.9 Å². The molecule has 0 saturated carbocycles. The van der Waals surface area contributed by atoms with Gasteiger partial charge in [0.1, 0.15) is 0 Å². The van der Waals surface area contributed by atoms with Gasteiger partial charge in [0.2, 0.25) is 0 Å². The molecule has 1 saturated heterocycles. The number of amides is 1. The number of halogens is 6. The molecule has 3 N–H and O–H groups in total. The molecule has 1 fully saturated rings. The fourth-order valence-corrected chi connectivity index (χ4v) is 2.45. The number of carboxylic acids is 2. The van der Waals surface area contributed by atoms with Crippen molar-refractivity contribution in [1.82, 2.24) is 10.2 Å². The number of aliphatic carboxylic acids is 2. The maximum absolute atomic E-state index is 12.5. The van der Waals surface area contributed by atoms with Gasteiger partial charge in [-0.25, -0.2) is 9.59 Å². The van der Waals surface area contributed by atoms with Gasteiger partial charge in [-0.05, 0) is 16.8 Å². The molecule has 0 unspecified atom stereocenters. The number of hydrogen-bond acceptors (Lipinski definition) is 4. The maximum atomic E-state index is 12.5. The quantitative estimate of drug-likeness (QED) is 0.556.